The number of anilines is 3. The van der Waals surface area contributed by atoms with Crippen molar-refractivity contribution in [3.8, 4) is 0 Å². The summed E-state index contributed by atoms with van der Waals surface area (Å²) in [5.41, 5.74) is -0.193. The second-order valence-corrected chi connectivity index (χ2v) is 5.38. The van der Waals surface area contributed by atoms with Gasteiger partial charge in [-0.2, -0.15) is 13.2 Å². The zero-order valence-corrected chi connectivity index (χ0v) is 13.9. The van der Waals surface area contributed by atoms with Gasteiger partial charge in [-0.05, 0) is 37.3 Å². The van der Waals surface area contributed by atoms with Crippen LogP contribution >= 0.6 is 0 Å². The van der Waals surface area contributed by atoms with Gasteiger partial charge in [0, 0.05) is 12.6 Å². The molecule has 0 radical (unpaired) electrons. The Morgan fingerprint density at radius 3 is 2.46 bits per heavy atom. The summed E-state index contributed by atoms with van der Waals surface area (Å²) in [5, 5.41) is 5.26. The van der Waals surface area contributed by atoms with Crippen LogP contribution in [0.4, 0.5) is 30.4 Å². The van der Waals surface area contributed by atoms with Crippen molar-refractivity contribution in [3.63, 3.8) is 0 Å². The predicted molar refractivity (Wildman–Crippen MR) is 88.8 cm³/mol. The number of alkyl halides is 3. The summed E-state index contributed by atoms with van der Waals surface area (Å²) in [6.07, 6.45) is -4.07. The van der Waals surface area contributed by atoms with Gasteiger partial charge in [-0.25, -0.2) is 4.98 Å². The third-order valence-corrected chi connectivity index (χ3v) is 3.21. The molecular weight excluding hydrogens is 351 g/mol. The van der Waals surface area contributed by atoms with E-state index in [1.807, 2.05) is 0 Å². The zero-order valence-electron chi connectivity index (χ0n) is 13.9. The van der Waals surface area contributed by atoms with Crippen molar-refractivity contribution in [1.29, 1.82) is 0 Å². The number of nitrogens with one attached hydrogen (secondary N) is 2. The number of hydrogen-bond acceptors (Lipinski definition) is 5. The maximum atomic E-state index is 12.7. The smallest absolute Gasteiger partial charge is 0.416 e. The number of carbonyl (C=O) groups is 2. The lowest BCUT2D eigenvalue weighted by Crippen LogP contribution is -2.29. The first kappa shape index (κ1) is 19.2. The average molecular weight is 367 g/mol. The van der Waals surface area contributed by atoms with Crippen molar-refractivity contribution in [3.05, 3.63) is 48.2 Å². The second-order valence-electron chi connectivity index (χ2n) is 5.38. The molecule has 0 saturated carbocycles. The normalized spacial score (nSPS) is 12.2. The van der Waals surface area contributed by atoms with Crippen LogP contribution in [0.1, 0.15) is 19.4 Å². The third-order valence-electron chi connectivity index (χ3n) is 3.21. The third kappa shape index (κ3) is 5.47. The maximum Gasteiger partial charge on any atom is 0.416 e. The van der Waals surface area contributed by atoms with Crippen LogP contribution in [0.15, 0.2) is 42.6 Å². The number of esters is 1. The Balaban J connectivity index is 2.02. The molecule has 0 bridgehead atoms. The van der Waals surface area contributed by atoms with E-state index >= 15 is 0 Å². The molecule has 1 aromatic carbocycles. The molecule has 0 saturated heterocycles. The van der Waals surface area contributed by atoms with E-state index < -0.39 is 29.7 Å². The molecular formula is C17H16F3N3O3. The highest BCUT2D eigenvalue weighted by Crippen LogP contribution is 2.31. The van der Waals surface area contributed by atoms with E-state index in [0.29, 0.717) is 11.5 Å². The van der Waals surface area contributed by atoms with E-state index in [9.17, 15) is 22.8 Å². The van der Waals surface area contributed by atoms with E-state index in [0.717, 1.165) is 12.1 Å². The van der Waals surface area contributed by atoms with Gasteiger partial charge in [0.25, 0.3) is 5.91 Å². The molecule has 1 unspecified atom stereocenters. The molecule has 2 aromatic rings. The minimum atomic E-state index is -4.43. The minimum Gasteiger partial charge on any atom is -0.453 e. The van der Waals surface area contributed by atoms with Crippen molar-refractivity contribution in [1.82, 2.24) is 4.98 Å². The minimum absolute atomic E-state index is 0.229. The van der Waals surface area contributed by atoms with Gasteiger partial charge in [0.15, 0.2) is 6.10 Å². The molecule has 2 rings (SSSR count). The van der Waals surface area contributed by atoms with Gasteiger partial charge in [0.1, 0.15) is 5.82 Å². The lowest BCUT2D eigenvalue weighted by Gasteiger charge is -2.13. The first-order chi connectivity index (χ1) is 12.1. The lowest BCUT2D eigenvalue weighted by molar-refractivity contribution is -0.150. The average Bonchev–Trinajstić information content (AvgIpc) is 2.55. The van der Waals surface area contributed by atoms with Crippen molar-refractivity contribution in [2.24, 2.45) is 0 Å². The first-order valence-electron chi connectivity index (χ1n) is 7.53. The summed E-state index contributed by atoms with van der Waals surface area (Å²) in [5.74, 6) is -0.803. The number of hydrogen-bond donors (Lipinski definition) is 2. The van der Waals surface area contributed by atoms with Crippen molar-refractivity contribution in [2.45, 2.75) is 26.1 Å². The Morgan fingerprint density at radius 2 is 1.88 bits per heavy atom. The quantitative estimate of drug-likeness (QED) is 0.787. The number of carbonyl (C=O) groups excluding carboxylic acids is 2. The summed E-state index contributed by atoms with van der Waals surface area (Å²) in [4.78, 5) is 26.7. The van der Waals surface area contributed by atoms with Gasteiger partial charge in [0.2, 0.25) is 0 Å². The number of benzene rings is 1. The molecule has 0 fully saturated rings. The molecule has 1 atom stereocenters. The van der Waals surface area contributed by atoms with E-state index in [1.54, 1.807) is 0 Å². The monoisotopic (exact) mass is 367 g/mol. The summed E-state index contributed by atoms with van der Waals surface area (Å²) < 4.78 is 42.9. The number of pyridine rings is 1. The second kappa shape index (κ2) is 7.85. The van der Waals surface area contributed by atoms with E-state index in [4.69, 9.17) is 4.74 Å². The highest BCUT2D eigenvalue weighted by atomic mass is 19.4. The highest BCUT2D eigenvalue weighted by molar-refractivity contribution is 5.94. The number of ether oxygens (including phenoxy) is 1. The van der Waals surface area contributed by atoms with Gasteiger partial charge in [-0.3, -0.25) is 9.59 Å². The number of nitrogens with zero attached hydrogens (tertiary/aromatic N) is 1. The van der Waals surface area contributed by atoms with Crippen LogP contribution in [0.2, 0.25) is 0 Å². The van der Waals surface area contributed by atoms with Crippen molar-refractivity contribution in [2.75, 3.05) is 10.6 Å². The van der Waals surface area contributed by atoms with Gasteiger partial charge in [-0.1, -0.05) is 6.07 Å². The molecule has 1 heterocycles. The summed E-state index contributed by atoms with van der Waals surface area (Å²) >= 11 is 0. The first-order valence-corrected chi connectivity index (χ1v) is 7.53. The van der Waals surface area contributed by atoms with Crippen LogP contribution in [0.25, 0.3) is 0 Å². The lowest BCUT2D eigenvalue weighted by atomic mass is 10.2. The van der Waals surface area contributed by atoms with Crippen molar-refractivity contribution >= 4 is 29.1 Å². The Kier molecular flexibility index (Phi) is 5.81. The topological polar surface area (TPSA) is 80.3 Å². The molecule has 1 amide bonds. The van der Waals surface area contributed by atoms with Crippen LogP contribution in [0.3, 0.4) is 0 Å². The fourth-order valence-electron chi connectivity index (χ4n) is 2.01. The summed E-state index contributed by atoms with van der Waals surface area (Å²) in [6.45, 7) is 2.62. The molecule has 2 N–H and O–H groups in total. The molecule has 1 aromatic heterocycles. The molecule has 0 spiro atoms. The molecule has 9 heteroatoms. The fourth-order valence-corrected chi connectivity index (χ4v) is 2.01. The van der Waals surface area contributed by atoms with Crippen LogP contribution in [0, 0.1) is 0 Å². The molecule has 0 aliphatic rings. The number of halogens is 3. The van der Waals surface area contributed by atoms with Crippen molar-refractivity contribution < 1.29 is 27.5 Å². The SMILES string of the molecule is CC(=O)OC(C)C(=O)Nc1ccc(Nc2cccc(C(F)(F)F)c2)nc1. The Bertz CT molecular complexity index is 792. The zero-order chi connectivity index (χ0) is 19.3. The van der Waals surface area contributed by atoms with E-state index in [2.05, 4.69) is 15.6 Å². The van der Waals surface area contributed by atoms with Crippen LogP contribution in [0.5, 0.6) is 0 Å². The number of amides is 1. The van der Waals surface area contributed by atoms with Gasteiger partial charge in [0.05, 0.1) is 17.4 Å². The Labute approximate surface area is 147 Å². The van der Waals surface area contributed by atoms with Crippen LogP contribution < -0.4 is 10.6 Å². The Morgan fingerprint density at radius 1 is 1.15 bits per heavy atom. The maximum absolute atomic E-state index is 12.7. The van der Waals surface area contributed by atoms with Crippen LogP contribution in [-0.4, -0.2) is 23.0 Å². The number of aromatic nitrogens is 1. The molecule has 26 heavy (non-hydrogen) atoms. The van der Waals surface area contributed by atoms with Gasteiger partial charge >= 0.3 is 12.1 Å². The van der Waals surface area contributed by atoms with E-state index in [-0.39, 0.29) is 5.69 Å². The highest BCUT2D eigenvalue weighted by Gasteiger charge is 2.30. The standard InChI is InChI=1S/C17H16F3N3O3/c1-10(26-11(2)24)16(25)23-14-6-7-15(21-9-14)22-13-5-3-4-12(8-13)17(18,19)20/h3-10H,1-2H3,(H,21,22)(H,23,25). The number of rotatable bonds is 5. The largest absolute Gasteiger partial charge is 0.453 e. The Hall–Kier alpha value is -3.10. The molecule has 138 valence electrons. The molecule has 6 nitrogen and oxygen atoms in total. The molecule has 0 aliphatic heterocycles. The van der Waals surface area contributed by atoms with Gasteiger partial charge < -0.3 is 15.4 Å². The van der Waals surface area contributed by atoms with E-state index in [1.165, 1.54) is 44.3 Å². The summed E-state index contributed by atoms with van der Waals surface area (Å²) in [7, 11) is 0. The van der Waals surface area contributed by atoms with Crippen LogP contribution in [-0.2, 0) is 20.5 Å². The fraction of sp³-hybridized carbons (Fsp3) is 0.235. The van der Waals surface area contributed by atoms with Gasteiger partial charge in [-0.15, -0.1) is 0 Å². The predicted octanol–water partition coefficient (Wildman–Crippen LogP) is 3.73. The molecule has 0 aliphatic carbocycles. The summed E-state index contributed by atoms with van der Waals surface area (Å²) in [6, 6.07) is 7.72.